The predicted molar refractivity (Wildman–Crippen MR) is 121 cm³/mol. The Morgan fingerprint density at radius 2 is 1.32 bits per heavy atom. The van der Waals surface area contributed by atoms with Gasteiger partial charge in [0.25, 0.3) is 5.91 Å². The third-order valence-corrected chi connectivity index (χ3v) is 5.04. The lowest BCUT2D eigenvalue weighted by Crippen LogP contribution is -2.30. The van der Waals surface area contributed by atoms with Gasteiger partial charge < -0.3 is 16.0 Å². The zero-order chi connectivity index (χ0) is 21.8. The molecule has 0 atom stereocenters. The van der Waals surface area contributed by atoms with Crippen molar-refractivity contribution in [1.29, 1.82) is 0 Å². The molecule has 0 heterocycles. The predicted octanol–water partition coefficient (Wildman–Crippen LogP) is 4.76. The van der Waals surface area contributed by atoms with Gasteiger partial charge in [-0.15, -0.1) is 0 Å². The first-order valence-electron chi connectivity index (χ1n) is 10.2. The van der Waals surface area contributed by atoms with Gasteiger partial charge in [-0.2, -0.15) is 0 Å². The number of hydrogen-bond acceptors (Lipinski definition) is 3. The van der Waals surface area contributed by atoms with Gasteiger partial charge in [0.05, 0.1) is 5.56 Å². The Bertz CT molecular complexity index is 1120. The number of hydrogen-bond donors (Lipinski definition) is 3. The lowest BCUT2D eigenvalue weighted by molar-refractivity contribution is 0.0996. The summed E-state index contributed by atoms with van der Waals surface area (Å²) in [7, 11) is 0. The Labute approximate surface area is 180 Å². The number of rotatable bonds is 6. The number of anilines is 2. The van der Waals surface area contributed by atoms with E-state index in [0.29, 0.717) is 28.1 Å². The standard InChI is InChI=1S/C25H23N3O3/c1-16-6-8-17(9-7-16)23(29)21-4-2-3-5-22(21)24(30)26-18-10-12-19(13-11-18)27-25(31)28-20-14-15-20/h2-13,20H,14-15H2,1H3,(H,26,30)(H2,27,28,31). The summed E-state index contributed by atoms with van der Waals surface area (Å²) in [6.07, 6.45) is 2.04. The topological polar surface area (TPSA) is 87.3 Å². The first-order chi connectivity index (χ1) is 15.0. The van der Waals surface area contributed by atoms with E-state index in [0.717, 1.165) is 18.4 Å². The molecule has 3 aromatic rings. The minimum atomic E-state index is -0.372. The normalized spacial score (nSPS) is 12.7. The van der Waals surface area contributed by atoms with Gasteiger partial charge in [0.2, 0.25) is 0 Å². The van der Waals surface area contributed by atoms with Crippen LogP contribution in [0.2, 0.25) is 0 Å². The molecular formula is C25H23N3O3. The van der Waals surface area contributed by atoms with Crippen molar-refractivity contribution in [3.05, 3.63) is 95.1 Å². The fourth-order valence-electron chi connectivity index (χ4n) is 3.16. The molecule has 0 aromatic heterocycles. The minimum Gasteiger partial charge on any atom is -0.335 e. The third-order valence-electron chi connectivity index (χ3n) is 5.04. The highest BCUT2D eigenvalue weighted by molar-refractivity contribution is 6.17. The number of urea groups is 1. The molecular weight excluding hydrogens is 390 g/mol. The molecule has 1 fully saturated rings. The van der Waals surface area contributed by atoms with E-state index < -0.39 is 0 Å². The van der Waals surface area contributed by atoms with Gasteiger partial charge in [-0.3, -0.25) is 9.59 Å². The first-order valence-corrected chi connectivity index (χ1v) is 10.2. The Morgan fingerprint density at radius 1 is 0.742 bits per heavy atom. The molecule has 0 bridgehead atoms. The Morgan fingerprint density at radius 3 is 1.94 bits per heavy atom. The van der Waals surface area contributed by atoms with Crippen LogP contribution in [0.1, 0.15) is 44.7 Å². The van der Waals surface area contributed by atoms with Crippen LogP contribution < -0.4 is 16.0 Å². The quantitative estimate of drug-likeness (QED) is 0.509. The van der Waals surface area contributed by atoms with Gasteiger partial charge in [0, 0.05) is 28.5 Å². The Kier molecular flexibility index (Phi) is 5.80. The lowest BCUT2D eigenvalue weighted by Gasteiger charge is -2.11. The van der Waals surface area contributed by atoms with E-state index in [-0.39, 0.29) is 23.8 Å². The van der Waals surface area contributed by atoms with Crippen molar-refractivity contribution in [2.45, 2.75) is 25.8 Å². The van der Waals surface area contributed by atoms with Crippen molar-refractivity contribution in [2.24, 2.45) is 0 Å². The van der Waals surface area contributed by atoms with Crippen molar-refractivity contribution in [1.82, 2.24) is 5.32 Å². The Balaban J connectivity index is 1.45. The van der Waals surface area contributed by atoms with E-state index in [1.54, 1.807) is 60.7 Å². The van der Waals surface area contributed by atoms with Crippen LogP contribution in [0.3, 0.4) is 0 Å². The third kappa shape index (κ3) is 5.17. The van der Waals surface area contributed by atoms with Gasteiger partial charge in [0.1, 0.15) is 0 Å². The maximum absolute atomic E-state index is 12.9. The summed E-state index contributed by atoms with van der Waals surface area (Å²) in [5, 5.41) is 8.43. The van der Waals surface area contributed by atoms with Crippen molar-refractivity contribution in [2.75, 3.05) is 10.6 Å². The molecule has 1 saturated carbocycles. The number of carbonyl (C=O) groups excluding carboxylic acids is 3. The minimum absolute atomic E-state index is 0.202. The SMILES string of the molecule is Cc1ccc(C(=O)c2ccccc2C(=O)Nc2ccc(NC(=O)NC3CC3)cc2)cc1. The summed E-state index contributed by atoms with van der Waals surface area (Å²) >= 11 is 0. The highest BCUT2D eigenvalue weighted by Crippen LogP contribution is 2.20. The van der Waals surface area contributed by atoms with Crippen LogP contribution in [0.15, 0.2) is 72.8 Å². The molecule has 31 heavy (non-hydrogen) atoms. The summed E-state index contributed by atoms with van der Waals surface area (Å²) in [5.41, 5.74) is 3.44. The average Bonchev–Trinajstić information content (AvgIpc) is 3.59. The second-order valence-corrected chi connectivity index (χ2v) is 7.64. The van der Waals surface area contributed by atoms with Crippen LogP contribution in [0.5, 0.6) is 0 Å². The second kappa shape index (κ2) is 8.83. The van der Waals surface area contributed by atoms with Crippen LogP contribution >= 0.6 is 0 Å². The summed E-state index contributed by atoms with van der Waals surface area (Å²) in [4.78, 5) is 37.6. The number of aryl methyl sites for hydroxylation is 1. The number of carbonyl (C=O) groups is 3. The van der Waals surface area contributed by atoms with E-state index in [4.69, 9.17) is 0 Å². The summed E-state index contributed by atoms with van der Waals surface area (Å²) in [6.45, 7) is 1.95. The molecule has 0 radical (unpaired) electrons. The number of benzene rings is 3. The highest BCUT2D eigenvalue weighted by Gasteiger charge is 2.23. The molecule has 0 aliphatic heterocycles. The molecule has 0 spiro atoms. The van der Waals surface area contributed by atoms with Gasteiger partial charge in [0.15, 0.2) is 5.78 Å². The van der Waals surface area contributed by atoms with E-state index >= 15 is 0 Å². The molecule has 1 aliphatic carbocycles. The number of ketones is 1. The van der Waals surface area contributed by atoms with Crippen molar-refractivity contribution in [3.63, 3.8) is 0 Å². The zero-order valence-electron chi connectivity index (χ0n) is 17.1. The highest BCUT2D eigenvalue weighted by atomic mass is 16.2. The van der Waals surface area contributed by atoms with E-state index in [1.807, 2.05) is 19.1 Å². The van der Waals surface area contributed by atoms with Crippen LogP contribution in [0.25, 0.3) is 0 Å². The summed E-state index contributed by atoms with van der Waals surface area (Å²) in [5.74, 6) is -0.574. The summed E-state index contributed by atoms with van der Waals surface area (Å²) in [6, 6.07) is 20.9. The van der Waals surface area contributed by atoms with E-state index in [9.17, 15) is 14.4 Å². The molecule has 3 aromatic carbocycles. The number of nitrogens with one attached hydrogen (secondary N) is 3. The van der Waals surface area contributed by atoms with Crippen molar-refractivity contribution >= 4 is 29.1 Å². The number of amides is 3. The lowest BCUT2D eigenvalue weighted by atomic mass is 9.97. The average molecular weight is 413 g/mol. The van der Waals surface area contributed by atoms with E-state index in [2.05, 4.69) is 16.0 Å². The van der Waals surface area contributed by atoms with Crippen LogP contribution in [-0.2, 0) is 0 Å². The molecule has 3 amide bonds. The van der Waals surface area contributed by atoms with Crippen LogP contribution in [0.4, 0.5) is 16.2 Å². The zero-order valence-corrected chi connectivity index (χ0v) is 17.1. The van der Waals surface area contributed by atoms with Crippen molar-refractivity contribution in [3.8, 4) is 0 Å². The van der Waals surface area contributed by atoms with Gasteiger partial charge >= 0.3 is 6.03 Å². The fraction of sp³-hybridized carbons (Fsp3) is 0.160. The monoisotopic (exact) mass is 413 g/mol. The van der Waals surface area contributed by atoms with Gasteiger partial charge in [-0.05, 0) is 50.1 Å². The Hall–Kier alpha value is -3.93. The molecule has 4 rings (SSSR count). The molecule has 1 aliphatic rings. The first kappa shape index (κ1) is 20.3. The molecule has 0 saturated heterocycles. The molecule has 0 unspecified atom stereocenters. The smallest absolute Gasteiger partial charge is 0.319 e. The van der Waals surface area contributed by atoms with Crippen LogP contribution in [0, 0.1) is 6.92 Å². The van der Waals surface area contributed by atoms with Crippen molar-refractivity contribution < 1.29 is 14.4 Å². The molecule has 6 nitrogen and oxygen atoms in total. The second-order valence-electron chi connectivity index (χ2n) is 7.64. The molecule has 3 N–H and O–H groups in total. The van der Waals surface area contributed by atoms with E-state index in [1.165, 1.54) is 0 Å². The van der Waals surface area contributed by atoms with Crippen LogP contribution in [-0.4, -0.2) is 23.8 Å². The largest absolute Gasteiger partial charge is 0.335 e. The molecule has 6 heteroatoms. The molecule has 156 valence electrons. The van der Waals surface area contributed by atoms with Gasteiger partial charge in [-0.25, -0.2) is 4.79 Å². The fourth-order valence-corrected chi connectivity index (χ4v) is 3.16. The maximum Gasteiger partial charge on any atom is 0.319 e. The van der Waals surface area contributed by atoms with Gasteiger partial charge in [-0.1, -0.05) is 48.0 Å². The maximum atomic E-state index is 12.9. The summed E-state index contributed by atoms with van der Waals surface area (Å²) < 4.78 is 0.